The Morgan fingerprint density at radius 3 is 2.31 bits per heavy atom. The van der Waals surface area contributed by atoms with Gasteiger partial charge in [0, 0.05) is 4.47 Å². The van der Waals surface area contributed by atoms with Crippen LogP contribution in [0.3, 0.4) is 0 Å². The Balaban J connectivity index is 1.57. The summed E-state index contributed by atoms with van der Waals surface area (Å²) in [4.78, 5) is 24.0. The van der Waals surface area contributed by atoms with Crippen LogP contribution in [0.5, 0.6) is 11.5 Å². The van der Waals surface area contributed by atoms with Crippen LogP contribution in [-0.2, 0) is 4.79 Å². The largest absolute Gasteiger partial charge is 0.507 e. The van der Waals surface area contributed by atoms with E-state index in [-0.39, 0.29) is 17.9 Å². The first-order chi connectivity index (χ1) is 12.5. The molecule has 6 nitrogen and oxygen atoms in total. The summed E-state index contributed by atoms with van der Waals surface area (Å²) in [7, 11) is 0. The Morgan fingerprint density at radius 2 is 1.62 bits per heavy atom. The van der Waals surface area contributed by atoms with Gasteiger partial charge in [0.15, 0.2) is 6.61 Å². The maximum absolute atomic E-state index is 12.2. The van der Waals surface area contributed by atoms with Crippen LogP contribution in [0.2, 0.25) is 0 Å². The topological polar surface area (TPSA) is 87.7 Å². The molecule has 0 aromatic heterocycles. The standard InChI is InChI=1S/C19H15BrN2O4/c20-14-5-7-15(8-6-14)26-11-18(24)21-22-19(25)16-9-12-3-1-2-4-13(12)10-17(16)23/h1-10,23H,11H2,(H,21,24)(H,22,25). The number of aromatic hydroxyl groups is 1. The minimum absolute atomic E-state index is 0.0674. The Kier molecular flexibility index (Phi) is 5.38. The second kappa shape index (κ2) is 7.88. The Hall–Kier alpha value is -3.06. The van der Waals surface area contributed by atoms with Gasteiger partial charge in [0.25, 0.3) is 11.8 Å². The van der Waals surface area contributed by atoms with Crippen molar-refractivity contribution >= 4 is 38.5 Å². The van der Waals surface area contributed by atoms with Crippen molar-refractivity contribution in [3.8, 4) is 11.5 Å². The number of rotatable bonds is 4. The maximum Gasteiger partial charge on any atom is 0.276 e. The quantitative estimate of drug-likeness (QED) is 0.572. The fraction of sp³-hybridized carbons (Fsp3) is 0.0526. The van der Waals surface area contributed by atoms with Crippen LogP contribution in [0.1, 0.15) is 10.4 Å². The van der Waals surface area contributed by atoms with Crippen LogP contribution in [0.25, 0.3) is 10.8 Å². The zero-order chi connectivity index (χ0) is 18.5. The molecule has 0 spiro atoms. The summed E-state index contributed by atoms with van der Waals surface area (Å²) in [5.41, 5.74) is 4.59. The van der Waals surface area contributed by atoms with Gasteiger partial charge in [-0.25, -0.2) is 0 Å². The van der Waals surface area contributed by atoms with Crippen molar-refractivity contribution in [3.05, 3.63) is 70.7 Å². The Morgan fingerprint density at radius 1 is 0.962 bits per heavy atom. The van der Waals surface area contributed by atoms with E-state index in [4.69, 9.17) is 4.74 Å². The van der Waals surface area contributed by atoms with Crippen molar-refractivity contribution in [2.24, 2.45) is 0 Å². The normalized spacial score (nSPS) is 10.3. The van der Waals surface area contributed by atoms with Gasteiger partial charge in [0.2, 0.25) is 0 Å². The van der Waals surface area contributed by atoms with Gasteiger partial charge < -0.3 is 9.84 Å². The molecule has 0 aliphatic rings. The molecule has 26 heavy (non-hydrogen) atoms. The van der Waals surface area contributed by atoms with E-state index in [2.05, 4.69) is 26.8 Å². The molecule has 3 aromatic carbocycles. The summed E-state index contributed by atoms with van der Waals surface area (Å²) >= 11 is 3.31. The molecular formula is C19H15BrN2O4. The third-order valence-corrected chi connectivity index (χ3v) is 4.14. The van der Waals surface area contributed by atoms with Crippen LogP contribution >= 0.6 is 15.9 Å². The van der Waals surface area contributed by atoms with Gasteiger partial charge in [0.1, 0.15) is 11.5 Å². The molecule has 7 heteroatoms. The van der Waals surface area contributed by atoms with Crippen LogP contribution in [0, 0.1) is 0 Å². The maximum atomic E-state index is 12.2. The Labute approximate surface area is 157 Å². The smallest absolute Gasteiger partial charge is 0.276 e. The van der Waals surface area contributed by atoms with E-state index in [0.29, 0.717) is 5.75 Å². The van der Waals surface area contributed by atoms with Gasteiger partial charge in [-0.3, -0.25) is 20.4 Å². The lowest BCUT2D eigenvalue weighted by molar-refractivity contribution is -0.123. The molecule has 132 valence electrons. The number of benzene rings is 3. The van der Waals surface area contributed by atoms with Crippen molar-refractivity contribution in [3.63, 3.8) is 0 Å². The van der Waals surface area contributed by atoms with Gasteiger partial charge in [-0.2, -0.15) is 0 Å². The molecule has 0 aliphatic heterocycles. The van der Waals surface area contributed by atoms with E-state index in [1.54, 1.807) is 30.3 Å². The molecule has 0 aliphatic carbocycles. The summed E-state index contributed by atoms with van der Waals surface area (Å²) in [5.74, 6) is -0.782. The lowest BCUT2D eigenvalue weighted by Crippen LogP contribution is -2.43. The summed E-state index contributed by atoms with van der Waals surface area (Å²) in [6.07, 6.45) is 0. The number of carbonyl (C=O) groups is 2. The van der Waals surface area contributed by atoms with Crippen LogP contribution in [0.4, 0.5) is 0 Å². The van der Waals surface area contributed by atoms with E-state index in [1.807, 2.05) is 24.3 Å². The number of phenols is 1. The number of ether oxygens (including phenoxy) is 1. The van der Waals surface area contributed by atoms with Gasteiger partial charge in [-0.15, -0.1) is 0 Å². The molecule has 3 N–H and O–H groups in total. The summed E-state index contributed by atoms with van der Waals surface area (Å²) in [6.45, 7) is -0.258. The van der Waals surface area contributed by atoms with Gasteiger partial charge in [0.05, 0.1) is 5.56 Å². The molecule has 3 aromatic rings. The number of amides is 2. The fourth-order valence-electron chi connectivity index (χ4n) is 2.32. The highest BCUT2D eigenvalue weighted by Gasteiger charge is 2.13. The van der Waals surface area contributed by atoms with E-state index in [1.165, 1.54) is 6.07 Å². The van der Waals surface area contributed by atoms with Crippen molar-refractivity contribution < 1.29 is 19.4 Å². The van der Waals surface area contributed by atoms with Gasteiger partial charge in [-0.1, -0.05) is 40.2 Å². The number of phenolic OH excluding ortho intramolecular Hbond substituents is 1. The third-order valence-electron chi connectivity index (χ3n) is 3.61. The first-order valence-corrected chi connectivity index (χ1v) is 8.51. The highest BCUT2D eigenvalue weighted by atomic mass is 79.9. The minimum Gasteiger partial charge on any atom is -0.507 e. The minimum atomic E-state index is -0.620. The number of hydrogen-bond acceptors (Lipinski definition) is 4. The molecule has 0 atom stereocenters. The zero-order valence-corrected chi connectivity index (χ0v) is 15.1. The van der Waals surface area contributed by atoms with Crippen molar-refractivity contribution in [1.82, 2.24) is 10.9 Å². The number of fused-ring (bicyclic) bond motifs is 1. The van der Waals surface area contributed by atoms with E-state index in [9.17, 15) is 14.7 Å². The molecule has 0 saturated carbocycles. The van der Waals surface area contributed by atoms with Crippen molar-refractivity contribution in [2.45, 2.75) is 0 Å². The molecule has 2 amide bonds. The van der Waals surface area contributed by atoms with Crippen LogP contribution in [-0.4, -0.2) is 23.5 Å². The number of hydrogen-bond donors (Lipinski definition) is 3. The summed E-state index contributed by atoms with van der Waals surface area (Å²) in [5, 5.41) is 11.6. The fourth-order valence-corrected chi connectivity index (χ4v) is 2.58. The number of hydrazine groups is 1. The number of halogens is 1. The lowest BCUT2D eigenvalue weighted by atomic mass is 10.1. The average Bonchev–Trinajstić information content (AvgIpc) is 2.65. The highest BCUT2D eigenvalue weighted by molar-refractivity contribution is 9.10. The molecule has 0 unspecified atom stereocenters. The predicted molar refractivity (Wildman–Crippen MR) is 101 cm³/mol. The molecule has 0 heterocycles. The number of carbonyl (C=O) groups excluding carboxylic acids is 2. The third kappa shape index (κ3) is 4.31. The molecule has 0 fully saturated rings. The Bertz CT molecular complexity index is 957. The number of nitrogens with one attached hydrogen (secondary N) is 2. The molecule has 0 bridgehead atoms. The average molecular weight is 415 g/mol. The molecule has 0 saturated heterocycles. The first kappa shape index (κ1) is 17.8. The van der Waals surface area contributed by atoms with Gasteiger partial charge >= 0.3 is 0 Å². The van der Waals surface area contributed by atoms with E-state index < -0.39 is 11.8 Å². The second-order valence-corrected chi connectivity index (χ2v) is 6.38. The molecule has 3 rings (SSSR count). The summed E-state index contributed by atoms with van der Waals surface area (Å²) in [6, 6.07) is 17.4. The van der Waals surface area contributed by atoms with E-state index >= 15 is 0 Å². The molecular weight excluding hydrogens is 400 g/mol. The SMILES string of the molecule is O=C(COc1ccc(Br)cc1)NNC(=O)c1cc2ccccc2cc1O. The first-order valence-electron chi connectivity index (χ1n) is 7.72. The molecule has 0 radical (unpaired) electrons. The monoisotopic (exact) mass is 414 g/mol. The van der Waals surface area contributed by atoms with Crippen LogP contribution in [0.15, 0.2) is 65.1 Å². The van der Waals surface area contributed by atoms with Gasteiger partial charge in [-0.05, 0) is 47.2 Å². The van der Waals surface area contributed by atoms with Crippen LogP contribution < -0.4 is 15.6 Å². The summed E-state index contributed by atoms with van der Waals surface area (Å²) < 4.78 is 6.21. The van der Waals surface area contributed by atoms with Crippen molar-refractivity contribution in [1.29, 1.82) is 0 Å². The lowest BCUT2D eigenvalue weighted by Gasteiger charge is -2.10. The zero-order valence-electron chi connectivity index (χ0n) is 13.5. The second-order valence-electron chi connectivity index (χ2n) is 5.46. The van der Waals surface area contributed by atoms with E-state index in [0.717, 1.165) is 15.2 Å². The predicted octanol–water partition coefficient (Wildman–Crippen LogP) is 3.15. The highest BCUT2D eigenvalue weighted by Crippen LogP contribution is 2.24. The van der Waals surface area contributed by atoms with Crippen molar-refractivity contribution in [2.75, 3.05) is 6.61 Å².